The Morgan fingerprint density at radius 2 is 1.89 bits per heavy atom. The first kappa shape index (κ1) is 13.4. The van der Waals surface area contributed by atoms with Crippen molar-refractivity contribution in [2.45, 2.75) is 6.42 Å². The van der Waals surface area contributed by atoms with E-state index in [1.54, 1.807) is 31.4 Å². The first-order valence-electron chi connectivity index (χ1n) is 5.75. The molecule has 0 atom stereocenters. The van der Waals surface area contributed by atoms with Crippen LogP contribution in [-0.4, -0.2) is 18.2 Å². The molecule has 3 nitrogen and oxygen atoms in total. The summed E-state index contributed by atoms with van der Waals surface area (Å²) < 4.78 is 5.19. The van der Waals surface area contributed by atoms with E-state index in [1.165, 1.54) is 0 Å². The molecular formula is C15H13ClO3. The summed E-state index contributed by atoms with van der Waals surface area (Å²) in [5, 5.41) is 9.60. The lowest BCUT2D eigenvalue weighted by Gasteiger charge is -2.10. The van der Waals surface area contributed by atoms with Crippen LogP contribution in [0.15, 0.2) is 42.5 Å². The Morgan fingerprint density at radius 1 is 1.21 bits per heavy atom. The molecule has 2 aromatic rings. The molecule has 0 saturated carbocycles. The second-order valence-corrected chi connectivity index (χ2v) is 4.54. The molecule has 0 fully saturated rings. The Hall–Kier alpha value is -2.00. The van der Waals surface area contributed by atoms with Crippen LogP contribution < -0.4 is 4.74 Å². The van der Waals surface area contributed by atoms with Crippen LogP contribution in [0.1, 0.15) is 5.56 Å². The van der Waals surface area contributed by atoms with Gasteiger partial charge in [-0.25, -0.2) is 0 Å². The van der Waals surface area contributed by atoms with E-state index in [4.69, 9.17) is 21.4 Å². The van der Waals surface area contributed by atoms with Gasteiger partial charge < -0.3 is 9.84 Å². The number of hydrogen-bond donors (Lipinski definition) is 1. The number of carboxylic acid groups (broad SMARTS) is 1. The molecule has 0 heterocycles. The van der Waals surface area contributed by atoms with Crippen molar-refractivity contribution in [1.82, 2.24) is 0 Å². The van der Waals surface area contributed by atoms with E-state index in [2.05, 4.69) is 0 Å². The molecular weight excluding hydrogens is 264 g/mol. The Balaban J connectivity index is 2.51. The summed E-state index contributed by atoms with van der Waals surface area (Å²) in [6.45, 7) is 0. The third-order valence-corrected chi connectivity index (χ3v) is 3.07. The summed E-state index contributed by atoms with van der Waals surface area (Å²) >= 11 is 5.86. The Kier molecular flexibility index (Phi) is 4.07. The molecule has 19 heavy (non-hydrogen) atoms. The quantitative estimate of drug-likeness (QED) is 0.927. The fraction of sp³-hybridized carbons (Fsp3) is 0.133. The van der Waals surface area contributed by atoms with Gasteiger partial charge in [0.2, 0.25) is 0 Å². The minimum absolute atomic E-state index is 0.0258. The molecule has 0 aliphatic rings. The van der Waals surface area contributed by atoms with Crippen LogP contribution in [0.5, 0.6) is 5.75 Å². The maximum atomic E-state index is 10.9. The van der Waals surface area contributed by atoms with E-state index in [1.807, 2.05) is 18.2 Å². The number of carboxylic acids is 1. The van der Waals surface area contributed by atoms with Crippen LogP contribution in [0.4, 0.5) is 0 Å². The molecule has 0 spiro atoms. The number of aliphatic carboxylic acids is 1. The molecule has 4 heteroatoms. The number of carbonyl (C=O) groups is 1. The first-order chi connectivity index (χ1) is 9.10. The molecule has 0 amide bonds. The first-order valence-corrected chi connectivity index (χ1v) is 6.12. The molecule has 2 rings (SSSR count). The molecule has 98 valence electrons. The Labute approximate surface area is 116 Å². The van der Waals surface area contributed by atoms with Gasteiger partial charge in [-0.15, -0.1) is 0 Å². The fourth-order valence-electron chi connectivity index (χ4n) is 1.90. The van der Waals surface area contributed by atoms with Gasteiger partial charge in [0.05, 0.1) is 13.5 Å². The lowest BCUT2D eigenvalue weighted by Crippen LogP contribution is -2.02. The summed E-state index contributed by atoms with van der Waals surface area (Å²) in [4.78, 5) is 10.9. The van der Waals surface area contributed by atoms with Gasteiger partial charge in [-0.1, -0.05) is 29.8 Å². The SMILES string of the molecule is COc1ccc(CC(=O)O)c(-c2ccc(Cl)cc2)c1. The van der Waals surface area contributed by atoms with Gasteiger partial charge >= 0.3 is 5.97 Å². The predicted octanol–water partition coefficient (Wildman–Crippen LogP) is 3.64. The van der Waals surface area contributed by atoms with E-state index < -0.39 is 5.97 Å². The number of benzene rings is 2. The summed E-state index contributed by atoms with van der Waals surface area (Å²) in [7, 11) is 1.58. The van der Waals surface area contributed by atoms with Crippen LogP contribution in [0.25, 0.3) is 11.1 Å². The topological polar surface area (TPSA) is 46.5 Å². The van der Waals surface area contributed by atoms with Gasteiger partial charge in [-0.05, 0) is 41.0 Å². The van der Waals surface area contributed by atoms with Gasteiger partial charge in [-0.3, -0.25) is 4.79 Å². The second-order valence-electron chi connectivity index (χ2n) is 4.10. The van der Waals surface area contributed by atoms with Gasteiger partial charge in [0.25, 0.3) is 0 Å². The zero-order valence-corrected chi connectivity index (χ0v) is 11.1. The normalized spacial score (nSPS) is 10.2. The van der Waals surface area contributed by atoms with Gasteiger partial charge in [0, 0.05) is 5.02 Å². The highest BCUT2D eigenvalue weighted by Gasteiger charge is 2.10. The molecule has 0 saturated heterocycles. The molecule has 0 unspecified atom stereocenters. The average molecular weight is 277 g/mol. The minimum atomic E-state index is -0.861. The van der Waals surface area contributed by atoms with Crippen molar-refractivity contribution in [2.75, 3.05) is 7.11 Å². The average Bonchev–Trinajstić information content (AvgIpc) is 2.40. The van der Waals surface area contributed by atoms with Gasteiger partial charge in [-0.2, -0.15) is 0 Å². The van der Waals surface area contributed by atoms with Crippen LogP contribution >= 0.6 is 11.6 Å². The highest BCUT2D eigenvalue weighted by Crippen LogP contribution is 2.29. The maximum absolute atomic E-state index is 10.9. The van der Waals surface area contributed by atoms with Crippen LogP contribution in [0.3, 0.4) is 0 Å². The summed E-state index contributed by atoms with van der Waals surface area (Å²) in [6, 6.07) is 12.7. The molecule has 0 bridgehead atoms. The number of hydrogen-bond acceptors (Lipinski definition) is 2. The van der Waals surface area contributed by atoms with Crippen LogP contribution in [0.2, 0.25) is 5.02 Å². The number of ether oxygens (including phenoxy) is 1. The summed E-state index contributed by atoms with van der Waals surface area (Å²) in [5.74, 6) is -0.167. The molecule has 0 radical (unpaired) electrons. The minimum Gasteiger partial charge on any atom is -0.497 e. The maximum Gasteiger partial charge on any atom is 0.307 e. The zero-order valence-electron chi connectivity index (χ0n) is 10.4. The Morgan fingerprint density at radius 3 is 2.47 bits per heavy atom. The highest BCUT2D eigenvalue weighted by atomic mass is 35.5. The molecule has 2 aromatic carbocycles. The van der Waals surface area contributed by atoms with E-state index in [9.17, 15) is 4.79 Å². The monoisotopic (exact) mass is 276 g/mol. The lowest BCUT2D eigenvalue weighted by atomic mass is 9.97. The second kappa shape index (κ2) is 5.76. The van der Waals surface area contributed by atoms with Crippen molar-refractivity contribution < 1.29 is 14.6 Å². The standard InChI is InChI=1S/C15H13ClO3/c1-19-13-7-4-11(8-15(17)18)14(9-13)10-2-5-12(16)6-3-10/h2-7,9H,8H2,1H3,(H,17,18). The van der Waals surface area contributed by atoms with Crippen molar-refractivity contribution in [2.24, 2.45) is 0 Å². The van der Waals surface area contributed by atoms with Crippen molar-refractivity contribution in [3.8, 4) is 16.9 Å². The third kappa shape index (κ3) is 3.26. The van der Waals surface area contributed by atoms with E-state index in [-0.39, 0.29) is 6.42 Å². The van der Waals surface area contributed by atoms with Crippen molar-refractivity contribution in [3.05, 3.63) is 53.1 Å². The van der Waals surface area contributed by atoms with Gasteiger partial charge in [0.1, 0.15) is 5.75 Å². The predicted molar refractivity (Wildman–Crippen MR) is 74.8 cm³/mol. The largest absolute Gasteiger partial charge is 0.497 e. The zero-order chi connectivity index (χ0) is 13.8. The van der Waals surface area contributed by atoms with Crippen molar-refractivity contribution in [3.63, 3.8) is 0 Å². The molecule has 1 N–H and O–H groups in total. The summed E-state index contributed by atoms with van der Waals surface area (Å²) in [6.07, 6.45) is -0.0258. The number of methoxy groups -OCH3 is 1. The highest BCUT2D eigenvalue weighted by molar-refractivity contribution is 6.30. The number of halogens is 1. The van der Waals surface area contributed by atoms with Crippen molar-refractivity contribution >= 4 is 17.6 Å². The molecule has 0 aliphatic heterocycles. The third-order valence-electron chi connectivity index (χ3n) is 2.81. The van der Waals surface area contributed by atoms with Crippen LogP contribution in [0, 0.1) is 0 Å². The van der Waals surface area contributed by atoms with Crippen LogP contribution in [-0.2, 0) is 11.2 Å². The molecule has 0 aliphatic carbocycles. The van der Waals surface area contributed by atoms with E-state index in [0.717, 1.165) is 16.7 Å². The Bertz CT molecular complexity index is 591. The van der Waals surface area contributed by atoms with Gasteiger partial charge in [0.15, 0.2) is 0 Å². The molecule has 0 aromatic heterocycles. The summed E-state index contributed by atoms with van der Waals surface area (Å²) in [5.41, 5.74) is 2.51. The smallest absolute Gasteiger partial charge is 0.307 e. The van der Waals surface area contributed by atoms with E-state index in [0.29, 0.717) is 10.8 Å². The number of rotatable bonds is 4. The fourth-order valence-corrected chi connectivity index (χ4v) is 2.02. The van der Waals surface area contributed by atoms with E-state index >= 15 is 0 Å². The lowest BCUT2D eigenvalue weighted by molar-refractivity contribution is -0.136. The van der Waals surface area contributed by atoms with Crippen molar-refractivity contribution in [1.29, 1.82) is 0 Å².